The highest BCUT2D eigenvalue weighted by Gasteiger charge is 2.39. The molecule has 1 atom stereocenters. The molecule has 2 fully saturated rings. The third-order valence-corrected chi connectivity index (χ3v) is 3.34. The molecule has 1 saturated heterocycles. The van der Waals surface area contributed by atoms with Crippen LogP contribution in [0.4, 0.5) is 0 Å². The molecule has 2 rings (SSSR count). The summed E-state index contributed by atoms with van der Waals surface area (Å²) < 4.78 is 5.16. The Hall–Kier alpha value is -0.610. The van der Waals surface area contributed by atoms with E-state index in [2.05, 4.69) is 5.32 Å². The summed E-state index contributed by atoms with van der Waals surface area (Å²) in [5.74, 6) is -0.894. The Bertz CT molecular complexity index is 218. The van der Waals surface area contributed by atoms with Crippen molar-refractivity contribution in [3.05, 3.63) is 0 Å². The van der Waals surface area contributed by atoms with Crippen molar-refractivity contribution < 1.29 is 14.6 Å². The molecule has 80 valence electrons. The molecule has 0 amide bonds. The van der Waals surface area contributed by atoms with Crippen molar-refractivity contribution in [3.8, 4) is 0 Å². The molecular weight excluding hydrogens is 182 g/mol. The van der Waals surface area contributed by atoms with Gasteiger partial charge < -0.3 is 9.84 Å². The zero-order chi connectivity index (χ0) is 10.0. The molecule has 0 radical (unpaired) electrons. The van der Waals surface area contributed by atoms with Crippen LogP contribution in [0.3, 0.4) is 0 Å². The van der Waals surface area contributed by atoms with Gasteiger partial charge in [-0.25, -0.2) is 4.79 Å². The molecule has 2 N–H and O–H groups in total. The maximum Gasteiger partial charge on any atom is 0.348 e. The molecule has 4 nitrogen and oxygen atoms in total. The molecule has 2 aliphatic rings. The molecule has 4 heteroatoms. The average molecular weight is 199 g/mol. The SMILES string of the molecule is O=C(O)C1NC2(CCCCC2)CCO1. The molecule has 1 aliphatic carbocycles. The van der Waals surface area contributed by atoms with Crippen molar-refractivity contribution in [1.82, 2.24) is 5.32 Å². The Morgan fingerprint density at radius 1 is 1.29 bits per heavy atom. The van der Waals surface area contributed by atoms with Crippen LogP contribution in [-0.2, 0) is 9.53 Å². The largest absolute Gasteiger partial charge is 0.478 e. The number of carboxylic acids is 1. The summed E-state index contributed by atoms with van der Waals surface area (Å²) in [6, 6.07) is 0. The second kappa shape index (κ2) is 3.87. The summed E-state index contributed by atoms with van der Waals surface area (Å²) in [6.07, 6.45) is 6.06. The molecule has 14 heavy (non-hydrogen) atoms. The van der Waals surface area contributed by atoms with E-state index in [4.69, 9.17) is 9.84 Å². The van der Waals surface area contributed by atoms with Gasteiger partial charge in [-0.2, -0.15) is 0 Å². The normalized spacial score (nSPS) is 31.6. The van der Waals surface area contributed by atoms with Crippen LogP contribution in [0.5, 0.6) is 0 Å². The lowest BCUT2D eigenvalue weighted by Crippen LogP contribution is -2.59. The van der Waals surface area contributed by atoms with E-state index in [1.807, 2.05) is 0 Å². The Kier molecular flexibility index (Phi) is 2.74. The van der Waals surface area contributed by atoms with Gasteiger partial charge in [0.05, 0.1) is 6.61 Å². The van der Waals surface area contributed by atoms with E-state index in [1.54, 1.807) is 0 Å². The van der Waals surface area contributed by atoms with Crippen molar-refractivity contribution in [2.24, 2.45) is 0 Å². The quantitative estimate of drug-likeness (QED) is 0.664. The van der Waals surface area contributed by atoms with Crippen molar-refractivity contribution >= 4 is 5.97 Å². The zero-order valence-corrected chi connectivity index (χ0v) is 8.29. The van der Waals surface area contributed by atoms with Crippen LogP contribution in [0.25, 0.3) is 0 Å². The first-order valence-corrected chi connectivity index (χ1v) is 5.34. The fourth-order valence-corrected chi connectivity index (χ4v) is 2.52. The monoisotopic (exact) mass is 199 g/mol. The summed E-state index contributed by atoms with van der Waals surface area (Å²) in [7, 11) is 0. The van der Waals surface area contributed by atoms with Crippen LogP contribution in [0.1, 0.15) is 38.5 Å². The van der Waals surface area contributed by atoms with E-state index in [-0.39, 0.29) is 5.54 Å². The number of rotatable bonds is 1. The number of aliphatic carboxylic acids is 1. The predicted octanol–water partition coefficient (Wildman–Crippen LogP) is 1.11. The van der Waals surface area contributed by atoms with Gasteiger partial charge in [0.25, 0.3) is 0 Å². The Balaban J connectivity index is 2.01. The number of hydrogen-bond acceptors (Lipinski definition) is 3. The van der Waals surface area contributed by atoms with Crippen molar-refractivity contribution in [1.29, 1.82) is 0 Å². The molecule has 1 saturated carbocycles. The maximum absolute atomic E-state index is 10.8. The number of ether oxygens (including phenoxy) is 1. The van der Waals surface area contributed by atoms with Gasteiger partial charge in [-0.3, -0.25) is 5.32 Å². The molecule has 0 bridgehead atoms. The van der Waals surface area contributed by atoms with Gasteiger partial charge in [0, 0.05) is 5.54 Å². The van der Waals surface area contributed by atoms with Gasteiger partial charge >= 0.3 is 5.97 Å². The first-order chi connectivity index (χ1) is 6.72. The highest BCUT2D eigenvalue weighted by atomic mass is 16.5. The van der Waals surface area contributed by atoms with Crippen molar-refractivity contribution in [2.75, 3.05) is 6.61 Å². The fraction of sp³-hybridized carbons (Fsp3) is 0.900. The topological polar surface area (TPSA) is 58.6 Å². The van der Waals surface area contributed by atoms with Crippen LogP contribution < -0.4 is 5.32 Å². The van der Waals surface area contributed by atoms with E-state index >= 15 is 0 Å². The second-order valence-corrected chi connectivity index (χ2v) is 4.32. The molecule has 0 aromatic rings. The van der Waals surface area contributed by atoms with Crippen molar-refractivity contribution in [3.63, 3.8) is 0 Å². The summed E-state index contributed by atoms with van der Waals surface area (Å²) in [5.41, 5.74) is 0.0551. The lowest BCUT2D eigenvalue weighted by atomic mass is 9.79. The first-order valence-electron chi connectivity index (χ1n) is 5.34. The Morgan fingerprint density at radius 3 is 2.64 bits per heavy atom. The third kappa shape index (κ3) is 1.91. The standard InChI is InChI=1S/C10H17NO3/c12-9(13)8-11-10(6-7-14-8)4-2-1-3-5-10/h8,11H,1-7H2,(H,12,13). The van der Waals surface area contributed by atoms with Crippen LogP contribution in [-0.4, -0.2) is 29.4 Å². The van der Waals surface area contributed by atoms with Gasteiger partial charge in [0.2, 0.25) is 6.23 Å². The molecular formula is C10H17NO3. The summed E-state index contributed by atoms with van der Waals surface area (Å²) in [6.45, 7) is 0.573. The molecule has 0 aromatic carbocycles. The number of hydrogen-bond donors (Lipinski definition) is 2. The molecule has 1 heterocycles. The molecule has 1 spiro atoms. The maximum atomic E-state index is 10.8. The third-order valence-electron chi connectivity index (χ3n) is 3.34. The van der Waals surface area contributed by atoms with Crippen molar-refractivity contribution in [2.45, 2.75) is 50.3 Å². The van der Waals surface area contributed by atoms with E-state index in [0.29, 0.717) is 6.61 Å². The molecule has 1 aliphatic heterocycles. The van der Waals surface area contributed by atoms with E-state index in [9.17, 15) is 4.79 Å². The highest BCUT2D eigenvalue weighted by molar-refractivity contribution is 5.72. The molecule has 0 aromatic heterocycles. The fourth-order valence-electron chi connectivity index (χ4n) is 2.52. The minimum atomic E-state index is -0.894. The smallest absolute Gasteiger partial charge is 0.348 e. The zero-order valence-electron chi connectivity index (χ0n) is 8.29. The highest BCUT2D eigenvalue weighted by Crippen LogP contribution is 2.33. The summed E-state index contributed by atoms with van der Waals surface area (Å²) >= 11 is 0. The van der Waals surface area contributed by atoms with Gasteiger partial charge in [0.15, 0.2) is 0 Å². The number of nitrogens with one attached hydrogen (secondary N) is 1. The Morgan fingerprint density at radius 2 is 2.00 bits per heavy atom. The second-order valence-electron chi connectivity index (χ2n) is 4.32. The lowest BCUT2D eigenvalue weighted by molar-refractivity contribution is -0.161. The Labute approximate surface area is 83.6 Å². The van der Waals surface area contributed by atoms with Crippen LogP contribution in [0.2, 0.25) is 0 Å². The van der Waals surface area contributed by atoms with E-state index in [0.717, 1.165) is 19.3 Å². The van der Waals surface area contributed by atoms with Crippen LogP contribution in [0, 0.1) is 0 Å². The number of carbonyl (C=O) groups is 1. The minimum absolute atomic E-state index is 0.0551. The average Bonchev–Trinajstić information content (AvgIpc) is 2.19. The van der Waals surface area contributed by atoms with Gasteiger partial charge in [-0.15, -0.1) is 0 Å². The van der Waals surface area contributed by atoms with Crippen LogP contribution >= 0.6 is 0 Å². The van der Waals surface area contributed by atoms with Crippen LogP contribution in [0.15, 0.2) is 0 Å². The number of carboxylic acid groups (broad SMARTS) is 1. The summed E-state index contributed by atoms with van der Waals surface area (Å²) in [5, 5.41) is 12.0. The lowest BCUT2D eigenvalue weighted by Gasteiger charge is -2.43. The van der Waals surface area contributed by atoms with Gasteiger partial charge in [0.1, 0.15) is 0 Å². The van der Waals surface area contributed by atoms with Gasteiger partial charge in [-0.1, -0.05) is 19.3 Å². The predicted molar refractivity (Wildman–Crippen MR) is 50.9 cm³/mol. The summed E-state index contributed by atoms with van der Waals surface area (Å²) in [4.78, 5) is 10.8. The first kappa shape index (κ1) is 9.93. The van der Waals surface area contributed by atoms with E-state index < -0.39 is 12.2 Å². The van der Waals surface area contributed by atoms with E-state index in [1.165, 1.54) is 19.3 Å². The molecule has 1 unspecified atom stereocenters. The minimum Gasteiger partial charge on any atom is -0.478 e. The van der Waals surface area contributed by atoms with Gasteiger partial charge in [-0.05, 0) is 19.3 Å².